The van der Waals surface area contributed by atoms with E-state index in [9.17, 15) is 19.7 Å². The van der Waals surface area contributed by atoms with E-state index in [4.69, 9.17) is 4.74 Å². The summed E-state index contributed by atoms with van der Waals surface area (Å²) in [6.07, 6.45) is 3.00. The van der Waals surface area contributed by atoms with Crippen molar-refractivity contribution < 1.29 is 19.2 Å². The number of nitrogens with zero attached hydrogens (tertiary/aromatic N) is 1. The molecule has 7 nitrogen and oxygen atoms in total. The van der Waals surface area contributed by atoms with Crippen LogP contribution in [0.1, 0.15) is 17.3 Å². The fourth-order valence-corrected chi connectivity index (χ4v) is 2.37. The Morgan fingerprint density at radius 1 is 1.43 bits per heavy atom. The van der Waals surface area contributed by atoms with Crippen LogP contribution in [0, 0.1) is 16.0 Å². The average Bonchev–Trinajstić information content (AvgIpc) is 3.00. The molecule has 1 N–H and O–H groups in total. The van der Waals surface area contributed by atoms with Gasteiger partial charge >= 0.3 is 5.97 Å². The molecule has 7 heteroatoms. The minimum Gasteiger partial charge on any atom is -0.461 e. The number of H-pyrrole nitrogens is 1. The number of nitro groups is 1. The number of carbonyl (C=O) groups is 2. The third-order valence-electron chi connectivity index (χ3n) is 3.55. The first kappa shape index (κ1) is 16.4. The van der Waals surface area contributed by atoms with Crippen molar-refractivity contribution in [3.05, 3.63) is 58.8 Å². The number of aromatic amines is 1. The maximum Gasteiger partial charge on any atom is 0.316 e. The quantitative estimate of drug-likeness (QED) is 0.278. The molecule has 2 atom stereocenters. The highest BCUT2D eigenvalue weighted by Gasteiger charge is 2.42. The standard InChI is InChI=1S/C16H16N2O5/c1-3-9-23-16(20)10(2)14(18(21)22)15(19)12-5-4-6-13-11(12)7-8-17-13/h3-8,10,14,17H,1,9H2,2H3. The molecule has 0 saturated heterocycles. The Kier molecular flexibility index (Phi) is 4.90. The molecule has 1 heterocycles. The molecule has 0 spiro atoms. The molecule has 1 aromatic heterocycles. The Hall–Kier alpha value is -2.96. The molecule has 0 radical (unpaired) electrons. The molecular weight excluding hydrogens is 300 g/mol. The smallest absolute Gasteiger partial charge is 0.316 e. The van der Waals surface area contributed by atoms with Crippen molar-refractivity contribution in [1.82, 2.24) is 4.98 Å². The lowest BCUT2D eigenvalue weighted by Gasteiger charge is -2.15. The first-order chi connectivity index (χ1) is 11.0. The van der Waals surface area contributed by atoms with E-state index >= 15 is 0 Å². The van der Waals surface area contributed by atoms with Gasteiger partial charge in [-0.3, -0.25) is 19.7 Å². The summed E-state index contributed by atoms with van der Waals surface area (Å²) in [5, 5.41) is 11.9. The molecule has 0 aliphatic carbocycles. The van der Waals surface area contributed by atoms with Crippen molar-refractivity contribution >= 4 is 22.7 Å². The Labute approximate surface area is 132 Å². The van der Waals surface area contributed by atoms with E-state index in [0.29, 0.717) is 10.9 Å². The number of rotatable bonds is 7. The number of hydrogen-bond acceptors (Lipinski definition) is 5. The number of ether oxygens (including phenoxy) is 1. The van der Waals surface area contributed by atoms with Gasteiger partial charge in [0.05, 0.1) is 0 Å². The zero-order valence-electron chi connectivity index (χ0n) is 12.5. The van der Waals surface area contributed by atoms with Gasteiger partial charge in [0, 0.05) is 27.6 Å². The summed E-state index contributed by atoms with van der Waals surface area (Å²) >= 11 is 0. The predicted octanol–water partition coefficient (Wildman–Crippen LogP) is 2.36. The topological polar surface area (TPSA) is 102 Å². The van der Waals surface area contributed by atoms with Gasteiger partial charge in [0.2, 0.25) is 5.78 Å². The van der Waals surface area contributed by atoms with Crippen LogP contribution >= 0.6 is 0 Å². The van der Waals surface area contributed by atoms with Crippen LogP contribution in [0.25, 0.3) is 10.9 Å². The van der Waals surface area contributed by atoms with Crippen LogP contribution in [0.5, 0.6) is 0 Å². The number of hydrogen-bond donors (Lipinski definition) is 1. The number of benzene rings is 1. The van der Waals surface area contributed by atoms with E-state index in [-0.39, 0.29) is 12.2 Å². The van der Waals surface area contributed by atoms with Crippen molar-refractivity contribution in [3.8, 4) is 0 Å². The lowest BCUT2D eigenvalue weighted by Crippen LogP contribution is -2.40. The van der Waals surface area contributed by atoms with E-state index in [2.05, 4.69) is 11.6 Å². The molecule has 23 heavy (non-hydrogen) atoms. The molecule has 2 rings (SSSR count). The second kappa shape index (κ2) is 6.87. The lowest BCUT2D eigenvalue weighted by atomic mass is 9.92. The molecule has 2 unspecified atom stereocenters. The summed E-state index contributed by atoms with van der Waals surface area (Å²) in [6, 6.07) is 4.86. The second-order valence-corrected chi connectivity index (χ2v) is 5.05. The fourth-order valence-electron chi connectivity index (χ4n) is 2.37. The van der Waals surface area contributed by atoms with Crippen molar-refractivity contribution in [1.29, 1.82) is 0 Å². The fraction of sp³-hybridized carbons (Fsp3) is 0.250. The number of esters is 1. The van der Waals surface area contributed by atoms with Gasteiger partial charge in [-0.25, -0.2) is 0 Å². The molecule has 0 bridgehead atoms. The minimum atomic E-state index is -1.70. The van der Waals surface area contributed by atoms with Crippen LogP contribution in [0.15, 0.2) is 43.1 Å². The summed E-state index contributed by atoms with van der Waals surface area (Å²) < 4.78 is 4.82. The Morgan fingerprint density at radius 2 is 2.17 bits per heavy atom. The molecule has 0 aliphatic heterocycles. The van der Waals surface area contributed by atoms with E-state index in [0.717, 1.165) is 0 Å². The first-order valence-corrected chi connectivity index (χ1v) is 6.98. The van der Waals surface area contributed by atoms with Crippen LogP contribution in [0.3, 0.4) is 0 Å². The van der Waals surface area contributed by atoms with Crippen LogP contribution in [0.2, 0.25) is 0 Å². The Bertz CT molecular complexity index is 765. The number of Topliss-reactive ketones (excluding diaryl/α,β-unsaturated/α-hetero) is 1. The third kappa shape index (κ3) is 3.28. The number of carbonyl (C=O) groups excluding carboxylic acids is 2. The third-order valence-corrected chi connectivity index (χ3v) is 3.55. The predicted molar refractivity (Wildman–Crippen MR) is 83.7 cm³/mol. The van der Waals surface area contributed by atoms with Gasteiger partial charge in [-0.1, -0.05) is 24.8 Å². The summed E-state index contributed by atoms with van der Waals surface area (Å²) in [4.78, 5) is 38.1. The number of nitrogens with one attached hydrogen (secondary N) is 1. The molecule has 120 valence electrons. The van der Waals surface area contributed by atoms with Crippen molar-refractivity contribution in [2.24, 2.45) is 5.92 Å². The largest absolute Gasteiger partial charge is 0.461 e. The Morgan fingerprint density at radius 3 is 2.83 bits per heavy atom. The number of ketones is 1. The molecule has 2 aromatic rings. The monoisotopic (exact) mass is 316 g/mol. The molecule has 0 amide bonds. The second-order valence-electron chi connectivity index (χ2n) is 5.05. The maximum atomic E-state index is 12.6. The van der Waals surface area contributed by atoms with E-state index < -0.39 is 28.6 Å². The van der Waals surface area contributed by atoms with Gasteiger partial charge in [0.15, 0.2) is 0 Å². The first-order valence-electron chi connectivity index (χ1n) is 6.98. The summed E-state index contributed by atoms with van der Waals surface area (Å²) in [6.45, 7) is 4.65. The molecule has 0 saturated carbocycles. The van der Waals surface area contributed by atoms with Gasteiger partial charge in [0.1, 0.15) is 12.5 Å². The van der Waals surface area contributed by atoms with E-state index in [1.54, 1.807) is 24.4 Å². The molecule has 1 aromatic carbocycles. The van der Waals surface area contributed by atoms with Crippen LogP contribution < -0.4 is 0 Å². The normalized spacial score (nSPS) is 13.3. The van der Waals surface area contributed by atoms with Crippen molar-refractivity contribution in [2.75, 3.05) is 6.61 Å². The maximum absolute atomic E-state index is 12.6. The molecule has 0 fully saturated rings. The summed E-state index contributed by atoms with van der Waals surface area (Å²) in [5.41, 5.74) is 0.897. The zero-order chi connectivity index (χ0) is 17.0. The van der Waals surface area contributed by atoms with Gasteiger partial charge in [0.25, 0.3) is 6.04 Å². The van der Waals surface area contributed by atoms with Crippen molar-refractivity contribution in [3.63, 3.8) is 0 Å². The summed E-state index contributed by atoms with van der Waals surface area (Å²) in [7, 11) is 0. The van der Waals surface area contributed by atoms with Gasteiger partial charge in [-0.2, -0.15) is 0 Å². The number of fused-ring (bicyclic) bond motifs is 1. The van der Waals surface area contributed by atoms with E-state index in [1.165, 1.54) is 19.1 Å². The summed E-state index contributed by atoms with van der Waals surface area (Å²) in [5.74, 6) is -2.73. The van der Waals surface area contributed by atoms with Crippen LogP contribution in [-0.2, 0) is 9.53 Å². The highest BCUT2D eigenvalue weighted by Crippen LogP contribution is 2.22. The van der Waals surface area contributed by atoms with Crippen LogP contribution in [0.4, 0.5) is 0 Å². The van der Waals surface area contributed by atoms with Crippen LogP contribution in [-0.4, -0.2) is 34.3 Å². The molecular formula is C16H16N2O5. The highest BCUT2D eigenvalue weighted by molar-refractivity contribution is 6.10. The number of aromatic nitrogens is 1. The van der Waals surface area contributed by atoms with Gasteiger partial charge in [-0.05, 0) is 19.1 Å². The highest BCUT2D eigenvalue weighted by atomic mass is 16.6. The average molecular weight is 316 g/mol. The van der Waals surface area contributed by atoms with Gasteiger partial charge < -0.3 is 9.72 Å². The Balaban J connectivity index is 2.35. The van der Waals surface area contributed by atoms with E-state index in [1.807, 2.05) is 0 Å². The molecule has 0 aliphatic rings. The SMILES string of the molecule is C=CCOC(=O)C(C)C(C(=O)c1cccc2[nH]ccc12)[N+](=O)[O-]. The zero-order valence-corrected chi connectivity index (χ0v) is 12.5. The minimum absolute atomic E-state index is 0.0603. The lowest BCUT2D eigenvalue weighted by molar-refractivity contribution is -0.511. The van der Waals surface area contributed by atoms with Crippen molar-refractivity contribution in [2.45, 2.75) is 13.0 Å². The van der Waals surface area contributed by atoms with Gasteiger partial charge in [-0.15, -0.1) is 0 Å².